The SMILES string of the molecule is CC(C)CN(c1n[nH]c(N)n1)C(C)C. The average Bonchev–Trinajstić information content (AvgIpc) is 2.46. The summed E-state index contributed by atoms with van der Waals surface area (Å²) in [6.07, 6.45) is 0. The Morgan fingerprint density at radius 2 is 2.00 bits per heavy atom. The minimum Gasteiger partial charge on any atom is -0.368 e. The van der Waals surface area contributed by atoms with E-state index in [1.165, 1.54) is 0 Å². The number of aromatic nitrogens is 3. The van der Waals surface area contributed by atoms with Crippen molar-refractivity contribution in [2.24, 2.45) is 5.92 Å². The molecule has 0 unspecified atom stereocenters. The van der Waals surface area contributed by atoms with Gasteiger partial charge in [-0.15, -0.1) is 5.10 Å². The van der Waals surface area contributed by atoms with Gasteiger partial charge in [-0.05, 0) is 19.8 Å². The van der Waals surface area contributed by atoms with Crippen LogP contribution in [0.4, 0.5) is 11.9 Å². The van der Waals surface area contributed by atoms with Crippen molar-refractivity contribution in [2.75, 3.05) is 17.2 Å². The zero-order valence-corrected chi connectivity index (χ0v) is 9.28. The molecule has 0 atom stereocenters. The number of nitrogen functional groups attached to an aromatic ring is 1. The number of nitrogens with one attached hydrogen (secondary N) is 1. The molecule has 0 aromatic carbocycles. The molecule has 1 aromatic rings. The molecule has 5 heteroatoms. The fraction of sp³-hybridized carbons (Fsp3) is 0.778. The summed E-state index contributed by atoms with van der Waals surface area (Å²) in [7, 11) is 0. The predicted molar refractivity (Wildman–Crippen MR) is 58.1 cm³/mol. The number of nitrogens with zero attached hydrogens (tertiary/aromatic N) is 3. The van der Waals surface area contributed by atoms with E-state index < -0.39 is 0 Å². The second-order valence-corrected chi connectivity index (χ2v) is 4.16. The molecule has 0 saturated carbocycles. The highest BCUT2D eigenvalue weighted by Crippen LogP contribution is 2.13. The van der Waals surface area contributed by atoms with Gasteiger partial charge >= 0.3 is 0 Å². The lowest BCUT2D eigenvalue weighted by Crippen LogP contribution is -2.35. The molecule has 80 valence electrons. The predicted octanol–water partition coefficient (Wildman–Crippen LogP) is 1.26. The highest BCUT2D eigenvalue weighted by Gasteiger charge is 2.15. The Bertz CT molecular complexity index is 278. The molecule has 1 aromatic heterocycles. The highest BCUT2D eigenvalue weighted by molar-refractivity contribution is 5.34. The largest absolute Gasteiger partial charge is 0.368 e. The molecule has 0 saturated heterocycles. The van der Waals surface area contributed by atoms with Crippen molar-refractivity contribution in [2.45, 2.75) is 33.7 Å². The number of nitrogens with two attached hydrogens (primary N) is 1. The lowest BCUT2D eigenvalue weighted by Gasteiger charge is -2.26. The molecule has 14 heavy (non-hydrogen) atoms. The van der Waals surface area contributed by atoms with E-state index in [1.807, 2.05) is 0 Å². The summed E-state index contributed by atoms with van der Waals surface area (Å²) in [5.41, 5.74) is 5.49. The van der Waals surface area contributed by atoms with Gasteiger partial charge in [-0.1, -0.05) is 13.8 Å². The summed E-state index contributed by atoms with van der Waals surface area (Å²) in [6.45, 7) is 9.52. The lowest BCUT2D eigenvalue weighted by atomic mass is 10.2. The van der Waals surface area contributed by atoms with Crippen LogP contribution >= 0.6 is 0 Å². The van der Waals surface area contributed by atoms with E-state index in [0.717, 1.165) is 6.54 Å². The first-order chi connectivity index (χ1) is 6.50. The van der Waals surface area contributed by atoms with E-state index in [4.69, 9.17) is 5.73 Å². The van der Waals surface area contributed by atoms with Gasteiger partial charge in [0.05, 0.1) is 0 Å². The molecule has 1 heterocycles. The third-order valence-electron chi connectivity index (χ3n) is 1.93. The van der Waals surface area contributed by atoms with Gasteiger partial charge in [0, 0.05) is 12.6 Å². The summed E-state index contributed by atoms with van der Waals surface area (Å²) in [5, 5.41) is 6.71. The maximum atomic E-state index is 5.49. The number of rotatable bonds is 4. The molecule has 1 rings (SSSR count). The van der Waals surface area contributed by atoms with Gasteiger partial charge in [-0.2, -0.15) is 4.98 Å². The first-order valence-corrected chi connectivity index (χ1v) is 4.95. The second kappa shape index (κ2) is 4.30. The Hall–Kier alpha value is -1.26. The minimum absolute atomic E-state index is 0.370. The molecule has 0 amide bonds. The molecule has 0 fully saturated rings. The van der Waals surface area contributed by atoms with Crippen molar-refractivity contribution in [3.8, 4) is 0 Å². The van der Waals surface area contributed by atoms with E-state index in [9.17, 15) is 0 Å². The summed E-state index contributed by atoms with van der Waals surface area (Å²) in [4.78, 5) is 6.26. The maximum absolute atomic E-state index is 5.49. The number of hydrogen-bond acceptors (Lipinski definition) is 4. The van der Waals surface area contributed by atoms with E-state index in [2.05, 4.69) is 47.8 Å². The normalized spacial score (nSPS) is 11.3. The van der Waals surface area contributed by atoms with Crippen molar-refractivity contribution in [1.82, 2.24) is 15.2 Å². The number of hydrogen-bond donors (Lipinski definition) is 2. The zero-order chi connectivity index (χ0) is 10.7. The van der Waals surface area contributed by atoms with Crippen molar-refractivity contribution in [1.29, 1.82) is 0 Å². The topological polar surface area (TPSA) is 70.8 Å². The Morgan fingerprint density at radius 3 is 2.36 bits per heavy atom. The standard InChI is InChI=1S/C9H19N5/c1-6(2)5-14(7(3)4)9-11-8(10)12-13-9/h6-7H,5H2,1-4H3,(H3,10,11,12,13). The van der Waals surface area contributed by atoms with Gasteiger partial charge in [0.15, 0.2) is 0 Å². The fourth-order valence-corrected chi connectivity index (χ4v) is 1.31. The first-order valence-electron chi connectivity index (χ1n) is 4.95. The zero-order valence-electron chi connectivity index (χ0n) is 9.28. The first kappa shape index (κ1) is 10.8. The van der Waals surface area contributed by atoms with Crippen LogP contribution in [0.1, 0.15) is 27.7 Å². The van der Waals surface area contributed by atoms with Crippen LogP contribution in [0, 0.1) is 5.92 Å². The number of aromatic amines is 1. The third kappa shape index (κ3) is 2.61. The van der Waals surface area contributed by atoms with Crippen molar-refractivity contribution < 1.29 is 0 Å². The van der Waals surface area contributed by atoms with Gasteiger partial charge in [0.2, 0.25) is 11.9 Å². The summed E-state index contributed by atoms with van der Waals surface area (Å²) in [6, 6.07) is 0.382. The van der Waals surface area contributed by atoms with Gasteiger partial charge in [0.1, 0.15) is 0 Å². The van der Waals surface area contributed by atoms with E-state index >= 15 is 0 Å². The molecule has 0 aliphatic carbocycles. The monoisotopic (exact) mass is 197 g/mol. The van der Waals surface area contributed by atoms with Crippen LogP contribution < -0.4 is 10.6 Å². The lowest BCUT2D eigenvalue weighted by molar-refractivity contribution is 0.561. The van der Waals surface area contributed by atoms with Crippen LogP contribution in [0.25, 0.3) is 0 Å². The Balaban J connectivity index is 2.77. The van der Waals surface area contributed by atoms with Crippen LogP contribution in [0.3, 0.4) is 0 Å². The summed E-state index contributed by atoms with van der Waals surface area (Å²) >= 11 is 0. The summed E-state index contributed by atoms with van der Waals surface area (Å²) < 4.78 is 0. The van der Waals surface area contributed by atoms with Crippen LogP contribution in [-0.2, 0) is 0 Å². The fourth-order valence-electron chi connectivity index (χ4n) is 1.31. The smallest absolute Gasteiger partial charge is 0.246 e. The number of H-pyrrole nitrogens is 1. The van der Waals surface area contributed by atoms with E-state index in [0.29, 0.717) is 23.9 Å². The average molecular weight is 197 g/mol. The van der Waals surface area contributed by atoms with Gasteiger partial charge in [-0.3, -0.25) is 0 Å². The molecule has 5 nitrogen and oxygen atoms in total. The Labute approximate surface area is 84.7 Å². The third-order valence-corrected chi connectivity index (χ3v) is 1.93. The van der Waals surface area contributed by atoms with Crippen molar-refractivity contribution in [3.63, 3.8) is 0 Å². The molecule has 0 radical (unpaired) electrons. The molecule has 0 aliphatic heterocycles. The van der Waals surface area contributed by atoms with E-state index in [-0.39, 0.29) is 0 Å². The molecular weight excluding hydrogens is 178 g/mol. The van der Waals surface area contributed by atoms with Crippen LogP contribution in [0.15, 0.2) is 0 Å². The number of anilines is 2. The van der Waals surface area contributed by atoms with E-state index in [1.54, 1.807) is 0 Å². The molecule has 0 spiro atoms. The van der Waals surface area contributed by atoms with Crippen LogP contribution in [-0.4, -0.2) is 27.8 Å². The van der Waals surface area contributed by atoms with Gasteiger partial charge < -0.3 is 10.6 Å². The summed E-state index contributed by atoms with van der Waals surface area (Å²) in [5.74, 6) is 1.64. The Morgan fingerprint density at radius 1 is 1.36 bits per heavy atom. The maximum Gasteiger partial charge on any atom is 0.246 e. The van der Waals surface area contributed by atoms with Crippen molar-refractivity contribution >= 4 is 11.9 Å². The second-order valence-electron chi connectivity index (χ2n) is 4.16. The minimum atomic E-state index is 0.370. The van der Waals surface area contributed by atoms with Crippen LogP contribution in [0.2, 0.25) is 0 Å². The van der Waals surface area contributed by atoms with Crippen molar-refractivity contribution in [3.05, 3.63) is 0 Å². The van der Waals surface area contributed by atoms with Crippen LogP contribution in [0.5, 0.6) is 0 Å². The van der Waals surface area contributed by atoms with Gasteiger partial charge in [-0.25, -0.2) is 5.10 Å². The molecule has 0 bridgehead atoms. The van der Waals surface area contributed by atoms with Gasteiger partial charge in [0.25, 0.3) is 0 Å². The highest BCUT2D eigenvalue weighted by atomic mass is 15.4. The molecular formula is C9H19N5. The quantitative estimate of drug-likeness (QED) is 0.762. The molecule has 3 N–H and O–H groups in total. The molecule has 0 aliphatic rings. The Kier molecular flexibility index (Phi) is 3.33.